The first-order valence-corrected chi connectivity index (χ1v) is 8.46. The van der Waals surface area contributed by atoms with Gasteiger partial charge in [-0.25, -0.2) is 8.42 Å². The Kier molecular flexibility index (Phi) is 6.01. The molecule has 0 heterocycles. The minimum atomic E-state index is -3.09. The highest BCUT2D eigenvalue weighted by atomic mass is 32.2. The predicted molar refractivity (Wildman–Crippen MR) is 78.8 cm³/mol. The molecule has 112 valence electrons. The fourth-order valence-electron chi connectivity index (χ4n) is 1.81. The first-order valence-electron chi connectivity index (χ1n) is 6.40. The van der Waals surface area contributed by atoms with Gasteiger partial charge in [0.1, 0.15) is 15.6 Å². The number of carbonyl (C=O) groups is 1. The number of aryl methyl sites for hydroxylation is 1. The minimum absolute atomic E-state index is 0.00376. The number of benzene rings is 1. The molecule has 0 unspecified atom stereocenters. The summed E-state index contributed by atoms with van der Waals surface area (Å²) in [5, 5.41) is 2.72. The number of nitrogens with one attached hydrogen (secondary N) is 1. The van der Waals surface area contributed by atoms with Crippen LogP contribution in [0, 0.1) is 6.92 Å². The quantitative estimate of drug-likeness (QED) is 0.818. The molecule has 6 heteroatoms. The lowest BCUT2D eigenvalue weighted by Gasteiger charge is -2.10. The summed E-state index contributed by atoms with van der Waals surface area (Å²) in [6.07, 6.45) is 1.77. The Morgan fingerprint density at radius 1 is 1.35 bits per heavy atom. The van der Waals surface area contributed by atoms with Gasteiger partial charge in [-0.15, -0.1) is 0 Å². The van der Waals surface area contributed by atoms with Crippen LogP contribution in [0.25, 0.3) is 0 Å². The van der Waals surface area contributed by atoms with E-state index in [1.807, 2.05) is 25.1 Å². The van der Waals surface area contributed by atoms with E-state index in [4.69, 9.17) is 4.74 Å². The average molecular weight is 299 g/mol. The van der Waals surface area contributed by atoms with Gasteiger partial charge in [0.05, 0.1) is 12.9 Å². The largest absolute Gasteiger partial charge is 0.496 e. The number of carbonyl (C=O) groups excluding carboxylic acids is 1. The smallest absolute Gasteiger partial charge is 0.221 e. The third kappa shape index (κ3) is 6.06. The van der Waals surface area contributed by atoms with Gasteiger partial charge < -0.3 is 10.1 Å². The van der Waals surface area contributed by atoms with Gasteiger partial charge in [0.2, 0.25) is 5.91 Å². The third-order valence-corrected chi connectivity index (χ3v) is 3.80. The van der Waals surface area contributed by atoms with Crippen LogP contribution in [0.4, 0.5) is 0 Å². The summed E-state index contributed by atoms with van der Waals surface area (Å²) in [4.78, 5) is 11.5. The summed E-state index contributed by atoms with van der Waals surface area (Å²) in [7, 11) is -1.48. The Labute approximate surface area is 120 Å². The predicted octanol–water partition coefficient (Wildman–Crippen LogP) is 1.10. The molecule has 0 spiro atoms. The molecule has 0 bridgehead atoms. The van der Waals surface area contributed by atoms with Gasteiger partial charge in [-0.1, -0.05) is 17.7 Å². The second-order valence-corrected chi connectivity index (χ2v) is 7.05. The second-order valence-electron chi connectivity index (χ2n) is 4.80. The molecule has 1 rings (SSSR count). The van der Waals surface area contributed by atoms with E-state index in [2.05, 4.69) is 5.32 Å². The third-order valence-electron chi connectivity index (χ3n) is 2.85. The summed E-state index contributed by atoms with van der Waals surface area (Å²) < 4.78 is 27.2. The molecule has 0 aliphatic carbocycles. The highest BCUT2D eigenvalue weighted by molar-refractivity contribution is 7.90. The van der Waals surface area contributed by atoms with Crippen molar-refractivity contribution in [1.82, 2.24) is 5.32 Å². The molecule has 1 aromatic rings. The molecule has 0 aliphatic heterocycles. The lowest BCUT2D eigenvalue weighted by Crippen LogP contribution is -2.27. The summed E-state index contributed by atoms with van der Waals surface area (Å²) in [6, 6.07) is 5.88. The number of hydrogen-bond acceptors (Lipinski definition) is 4. The molecule has 1 N–H and O–H groups in total. The Hall–Kier alpha value is -1.56. The Bertz CT molecular complexity index is 567. The van der Waals surface area contributed by atoms with Crippen molar-refractivity contribution in [3.05, 3.63) is 29.3 Å². The molecule has 0 radical (unpaired) electrons. The number of sulfone groups is 1. The monoisotopic (exact) mass is 299 g/mol. The van der Waals surface area contributed by atoms with E-state index in [1.54, 1.807) is 7.11 Å². The van der Waals surface area contributed by atoms with E-state index in [-0.39, 0.29) is 18.1 Å². The van der Waals surface area contributed by atoms with E-state index in [0.29, 0.717) is 13.0 Å². The molecular weight excluding hydrogens is 278 g/mol. The molecule has 0 aromatic heterocycles. The zero-order valence-electron chi connectivity index (χ0n) is 12.1. The van der Waals surface area contributed by atoms with E-state index in [0.717, 1.165) is 23.1 Å². The highest BCUT2D eigenvalue weighted by Crippen LogP contribution is 2.19. The van der Waals surface area contributed by atoms with Crippen molar-refractivity contribution in [2.24, 2.45) is 0 Å². The Morgan fingerprint density at radius 3 is 2.65 bits per heavy atom. The van der Waals surface area contributed by atoms with Gasteiger partial charge >= 0.3 is 0 Å². The van der Waals surface area contributed by atoms with Crippen molar-refractivity contribution >= 4 is 15.7 Å². The van der Waals surface area contributed by atoms with E-state index >= 15 is 0 Å². The van der Waals surface area contributed by atoms with Gasteiger partial charge in [-0.2, -0.15) is 0 Å². The number of hydrogen-bond donors (Lipinski definition) is 1. The number of amides is 1. The van der Waals surface area contributed by atoms with Crippen LogP contribution in [-0.4, -0.2) is 40.0 Å². The van der Waals surface area contributed by atoms with Crippen LogP contribution in [0.3, 0.4) is 0 Å². The highest BCUT2D eigenvalue weighted by Gasteiger charge is 2.08. The van der Waals surface area contributed by atoms with Crippen LogP contribution < -0.4 is 10.1 Å². The molecule has 5 nitrogen and oxygen atoms in total. The molecule has 1 aromatic carbocycles. The normalized spacial score (nSPS) is 11.2. The molecular formula is C14H21NO4S. The topological polar surface area (TPSA) is 72.5 Å². The first-order chi connectivity index (χ1) is 9.31. The van der Waals surface area contributed by atoms with Crippen LogP contribution >= 0.6 is 0 Å². The molecule has 20 heavy (non-hydrogen) atoms. The van der Waals surface area contributed by atoms with Crippen LogP contribution in [-0.2, 0) is 21.1 Å². The fraction of sp³-hybridized carbons (Fsp3) is 0.500. The van der Waals surface area contributed by atoms with E-state index < -0.39 is 9.84 Å². The van der Waals surface area contributed by atoms with Gasteiger partial charge in [0.25, 0.3) is 0 Å². The van der Waals surface area contributed by atoms with Gasteiger partial charge in [0, 0.05) is 19.2 Å². The van der Waals surface area contributed by atoms with Gasteiger partial charge in [0.15, 0.2) is 0 Å². The summed E-state index contributed by atoms with van der Waals surface area (Å²) in [5.74, 6) is 0.426. The standard InChI is InChI=1S/C14H21NO4S/c1-11-4-5-13(19-2)12(10-11)6-8-15-14(16)7-9-20(3,17)18/h4-5,10H,6-9H2,1-3H3,(H,15,16). The van der Waals surface area contributed by atoms with E-state index in [1.165, 1.54) is 0 Å². The van der Waals surface area contributed by atoms with Crippen molar-refractivity contribution in [1.29, 1.82) is 0 Å². The van der Waals surface area contributed by atoms with Crippen molar-refractivity contribution in [3.8, 4) is 5.75 Å². The molecule has 0 fully saturated rings. The Morgan fingerprint density at radius 2 is 2.05 bits per heavy atom. The van der Waals surface area contributed by atoms with Gasteiger partial charge in [-0.3, -0.25) is 4.79 Å². The van der Waals surface area contributed by atoms with Gasteiger partial charge in [-0.05, 0) is 25.0 Å². The molecule has 0 saturated heterocycles. The molecule has 1 amide bonds. The molecule has 0 aliphatic rings. The van der Waals surface area contributed by atoms with Crippen molar-refractivity contribution < 1.29 is 17.9 Å². The molecule has 0 atom stereocenters. The summed E-state index contributed by atoms with van der Waals surface area (Å²) >= 11 is 0. The summed E-state index contributed by atoms with van der Waals surface area (Å²) in [5.41, 5.74) is 2.15. The first kappa shape index (κ1) is 16.5. The zero-order valence-corrected chi connectivity index (χ0v) is 12.9. The van der Waals surface area contributed by atoms with Crippen molar-refractivity contribution in [2.75, 3.05) is 25.7 Å². The van der Waals surface area contributed by atoms with Crippen LogP contribution in [0.15, 0.2) is 18.2 Å². The fourth-order valence-corrected chi connectivity index (χ4v) is 2.36. The lowest BCUT2D eigenvalue weighted by atomic mass is 10.1. The average Bonchev–Trinajstić information content (AvgIpc) is 2.36. The van der Waals surface area contributed by atoms with Crippen LogP contribution in [0.2, 0.25) is 0 Å². The van der Waals surface area contributed by atoms with Crippen LogP contribution in [0.5, 0.6) is 5.75 Å². The number of ether oxygens (including phenoxy) is 1. The number of methoxy groups -OCH3 is 1. The SMILES string of the molecule is COc1ccc(C)cc1CCNC(=O)CCS(C)(=O)=O. The zero-order chi connectivity index (χ0) is 15.2. The summed E-state index contributed by atoms with van der Waals surface area (Å²) in [6.45, 7) is 2.45. The van der Waals surface area contributed by atoms with E-state index in [9.17, 15) is 13.2 Å². The molecule has 0 saturated carbocycles. The minimum Gasteiger partial charge on any atom is -0.496 e. The number of rotatable bonds is 7. The van der Waals surface area contributed by atoms with Crippen molar-refractivity contribution in [3.63, 3.8) is 0 Å². The maximum absolute atomic E-state index is 11.5. The lowest BCUT2D eigenvalue weighted by molar-refractivity contribution is -0.120. The second kappa shape index (κ2) is 7.28. The maximum atomic E-state index is 11.5. The van der Waals surface area contributed by atoms with Crippen LogP contribution in [0.1, 0.15) is 17.5 Å². The van der Waals surface area contributed by atoms with Crippen molar-refractivity contribution in [2.45, 2.75) is 19.8 Å². The Balaban J connectivity index is 2.44. The maximum Gasteiger partial charge on any atom is 0.221 e.